The molecule has 0 aromatic rings. The highest BCUT2D eigenvalue weighted by atomic mass is 13.9. The number of hydrogen-bond donors (Lipinski definition) is 0. The van der Waals surface area contributed by atoms with E-state index >= 15 is 0 Å². The van der Waals surface area contributed by atoms with Gasteiger partial charge in [0.2, 0.25) is 0 Å². The quantitative estimate of drug-likeness (QED) is 0.508. The molecule has 0 aliphatic carbocycles. The van der Waals surface area contributed by atoms with Gasteiger partial charge < -0.3 is 0 Å². The molecule has 52 valence electrons. The molecule has 0 nitrogen and oxygen atoms in total. The lowest BCUT2D eigenvalue weighted by atomic mass is 10.1. The van der Waals surface area contributed by atoms with Crippen LogP contribution in [0.2, 0.25) is 0 Å². The summed E-state index contributed by atoms with van der Waals surface area (Å²) in [5.74, 6) is 0.635. The van der Waals surface area contributed by atoms with Crippen molar-refractivity contribution in [3.05, 3.63) is 24.3 Å². The van der Waals surface area contributed by atoms with Crippen LogP contribution in [0.1, 0.15) is 28.6 Å². The van der Waals surface area contributed by atoms with Crippen LogP contribution in [0.3, 0.4) is 0 Å². The first-order valence-electron chi connectivity index (χ1n) is 3.98. The highest BCUT2D eigenvalue weighted by molar-refractivity contribution is 5.02. The Morgan fingerprint density at radius 3 is 2.67 bits per heavy atom. The van der Waals surface area contributed by atoms with Gasteiger partial charge in [-0.25, -0.2) is 0 Å². The summed E-state index contributed by atoms with van der Waals surface area (Å²) in [4.78, 5) is 0. The molecule has 0 rings (SSSR count). The van der Waals surface area contributed by atoms with Crippen molar-refractivity contribution in [2.45, 2.75) is 27.2 Å². The fourth-order valence-electron chi connectivity index (χ4n) is 0.478. The maximum atomic E-state index is 7.09. The zero-order chi connectivity index (χ0) is 7.98. The Kier molecular flexibility index (Phi) is 4.12. The van der Waals surface area contributed by atoms with Crippen LogP contribution in [0.4, 0.5) is 0 Å². The summed E-state index contributed by atoms with van der Waals surface area (Å²) in [5.41, 5.74) is 0. The molecule has 0 saturated carbocycles. The van der Waals surface area contributed by atoms with Crippen molar-refractivity contribution < 1.29 is 1.37 Å². The van der Waals surface area contributed by atoms with Gasteiger partial charge in [-0.05, 0) is 12.8 Å². The lowest BCUT2D eigenvalue weighted by molar-refractivity contribution is 0.698. The molecule has 0 saturated heterocycles. The maximum Gasteiger partial charge on any atom is 0.0573 e. The Labute approximate surface area is 59.7 Å². The summed E-state index contributed by atoms with van der Waals surface area (Å²) in [6, 6.07) is 0.611. The number of hydrogen-bond acceptors (Lipinski definition) is 0. The van der Waals surface area contributed by atoms with E-state index in [1.165, 1.54) is 6.42 Å². The van der Waals surface area contributed by atoms with Crippen LogP contribution in [-0.2, 0) is 0 Å². The second-order valence-electron chi connectivity index (χ2n) is 2.23. The van der Waals surface area contributed by atoms with Crippen LogP contribution in [-0.4, -0.2) is 0 Å². The van der Waals surface area contributed by atoms with E-state index in [0.717, 1.165) is 0 Å². The van der Waals surface area contributed by atoms with Gasteiger partial charge in [-0.15, -0.1) is 0 Å². The molecule has 0 aliphatic heterocycles. The molecule has 0 heteroatoms. The Hall–Kier alpha value is -0.520. The van der Waals surface area contributed by atoms with Crippen molar-refractivity contribution in [2.75, 3.05) is 0 Å². The number of allylic oxidation sites excluding steroid dienone is 4. The van der Waals surface area contributed by atoms with Gasteiger partial charge in [-0.3, -0.25) is 0 Å². The van der Waals surface area contributed by atoms with E-state index in [4.69, 9.17) is 1.37 Å². The Morgan fingerprint density at radius 2 is 2.22 bits per heavy atom. The van der Waals surface area contributed by atoms with Gasteiger partial charge in [0.1, 0.15) is 0 Å². The van der Waals surface area contributed by atoms with Crippen LogP contribution in [0.15, 0.2) is 24.3 Å². The largest absolute Gasteiger partial charge is 0.0877 e. The van der Waals surface area contributed by atoms with Crippen molar-refractivity contribution in [1.29, 1.82) is 0 Å². The first-order chi connectivity index (χ1) is 4.66. The van der Waals surface area contributed by atoms with E-state index in [-0.39, 0.29) is 0 Å². The van der Waals surface area contributed by atoms with E-state index in [0.29, 0.717) is 12.0 Å². The molecule has 0 aromatic heterocycles. The highest BCUT2D eigenvalue weighted by Gasteiger charge is 1.86. The number of rotatable bonds is 3. The zero-order valence-electron chi connectivity index (χ0n) is 7.52. The fourth-order valence-corrected chi connectivity index (χ4v) is 0.478. The van der Waals surface area contributed by atoms with Gasteiger partial charge in [0.05, 0.1) is 1.37 Å². The summed E-state index contributed by atoms with van der Waals surface area (Å²) in [6.07, 6.45) is 7.06. The van der Waals surface area contributed by atoms with E-state index in [1.54, 1.807) is 6.92 Å². The first-order valence-corrected chi connectivity index (χ1v) is 3.48. The molecule has 0 aromatic carbocycles. The van der Waals surface area contributed by atoms with E-state index < -0.39 is 0 Å². The molecule has 0 amide bonds. The first kappa shape index (κ1) is 6.60. The lowest BCUT2D eigenvalue weighted by Crippen LogP contribution is -1.82. The Bertz CT molecular complexity index is 130. The van der Waals surface area contributed by atoms with E-state index in [2.05, 4.69) is 19.9 Å². The van der Waals surface area contributed by atoms with Gasteiger partial charge in [-0.1, -0.05) is 44.5 Å². The topological polar surface area (TPSA) is 0 Å². The minimum Gasteiger partial charge on any atom is -0.0877 e. The minimum atomic E-state index is 0.611. The smallest absolute Gasteiger partial charge is 0.0573 e. The van der Waals surface area contributed by atoms with Crippen LogP contribution >= 0.6 is 0 Å². The average molecular weight is 125 g/mol. The zero-order valence-corrected chi connectivity index (χ0v) is 6.52. The Morgan fingerprint density at radius 1 is 1.56 bits per heavy atom. The van der Waals surface area contributed by atoms with Gasteiger partial charge in [0.25, 0.3) is 0 Å². The van der Waals surface area contributed by atoms with Crippen molar-refractivity contribution in [1.82, 2.24) is 0 Å². The summed E-state index contributed by atoms with van der Waals surface area (Å²) in [5, 5.41) is 0. The van der Waals surface area contributed by atoms with E-state index in [9.17, 15) is 0 Å². The molecule has 0 heterocycles. The van der Waals surface area contributed by atoms with Crippen LogP contribution in [0, 0.1) is 5.92 Å². The third kappa shape index (κ3) is 5.35. The molecule has 0 bridgehead atoms. The molecular weight excluding hydrogens is 108 g/mol. The minimum absolute atomic E-state index is 0.611. The van der Waals surface area contributed by atoms with Gasteiger partial charge in [0, 0.05) is 0 Å². The molecular formula is C9H16. The molecule has 0 spiro atoms. The average Bonchev–Trinajstić information content (AvgIpc) is 1.87. The molecule has 0 unspecified atom stereocenters. The standard InChI is InChI=1S/C9H16/c1-4-6-7-8-9(3)5-2/h4,6-9H,5H2,1-3H3/b6-4-,8-7-/t9-/m0/s1/i4D. The Balaban J connectivity index is 3.66. The van der Waals surface area contributed by atoms with Crippen molar-refractivity contribution in [3.8, 4) is 0 Å². The summed E-state index contributed by atoms with van der Waals surface area (Å²) >= 11 is 0. The molecule has 0 N–H and O–H groups in total. The maximum absolute atomic E-state index is 7.09. The predicted octanol–water partition coefficient (Wildman–Crippen LogP) is 3.16. The molecule has 0 radical (unpaired) electrons. The van der Waals surface area contributed by atoms with Gasteiger partial charge >= 0.3 is 0 Å². The van der Waals surface area contributed by atoms with Crippen molar-refractivity contribution in [2.24, 2.45) is 5.92 Å². The lowest BCUT2D eigenvalue weighted by Gasteiger charge is -1.96. The second-order valence-corrected chi connectivity index (χ2v) is 2.23. The second kappa shape index (κ2) is 5.61. The highest BCUT2D eigenvalue weighted by Crippen LogP contribution is 2.01. The third-order valence-electron chi connectivity index (χ3n) is 1.35. The summed E-state index contributed by atoms with van der Waals surface area (Å²) in [7, 11) is 0. The normalized spacial score (nSPS) is 18.1. The third-order valence-corrected chi connectivity index (χ3v) is 1.35. The summed E-state index contributed by atoms with van der Waals surface area (Å²) < 4.78 is 7.09. The summed E-state index contributed by atoms with van der Waals surface area (Å²) in [6.45, 7) is 6.11. The van der Waals surface area contributed by atoms with Crippen molar-refractivity contribution >= 4 is 0 Å². The predicted molar refractivity (Wildman–Crippen MR) is 43.4 cm³/mol. The van der Waals surface area contributed by atoms with Crippen molar-refractivity contribution in [3.63, 3.8) is 0 Å². The molecule has 0 aliphatic rings. The monoisotopic (exact) mass is 125 g/mol. The van der Waals surface area contributed by atoms with Crippen LogP contribution in [0.25, 0.3) is 0 Å². The van der Waals surface area contributed by atoms with Gasteiger partial charge in [-0.2, -0.15) is 0 Å². The fraction of sp³-hybridized carbons (Fsp3) is 0.556. The van der Waals surface area contributed by atoms with E-state index in [1.807, 2.05) is 12.2 Å². The van der Waals surface area contributed by atoms with Gasteiger partial charge in [0.15, 0.2) is 0 Å². The molecule has 0 fully saturated rings. The van der Waals surface area contributed by atoms with Crippen LogP contribution in [0.5, 0.6) is 0 Å². The SMILES string of the molecule is [2H]/C(C)=C/C=C\[C@@H](C)CC. The molecule has 1 atom stereocenters. The molecule has 9 heavy (non-hydrogen) atoms. The van der Waals surface area contributed by atoms with Crippen LogP contribution < -0.4 is 0 Å².